The predicted molar refractivity (Wildman–Crippen MR) is 179 cm³/mol. The third kappa shape index (κ3) is 5.72. The van der Waals surface area contributed by atoms with Crippen LogP contribution in [-0.4, -0.2) is 70.4 Å². The number of thiophene rings is 1. The molecular formula is C36H35F2N5O3S. The molecule has 0 spiro atoms. The number of hydrogen-bond acceptors (Lipinski definition) is 7. The summed E-state index contributed by atoms with van der Waals surface area (Å²) in [5.41, 5.74) is 6.68. The van der Waals surface area contributed by atoms with Crippen LogP contribution in [0.15, 0.2) is 60.5 Å². The Hall–Kier alpha value is -4.45. The Morgan fingerprint density at radius 1 is 1.09 bits per heavy atom. The molecule has 0 N–H and O–H groups in total. The maximum Gasteiger partial charge on any atom is 0.246 e. The summed E-state index contributed by atoms with van der Waals surface area (Å²) in [6.07, 6.45) is 2.26. The summed E-state index contributed by atoms with van der Waals surface area (Å²) in [5, 5.41) is 7.78. The minimum atomic E-state index is -0.763. The lowest BCUT2D eigenvalue weighted by atomic mass is 9.93. The Morgan fingerprint density at radius 2 is 1.94 bits per heavy atom. The molecule has 11 heteroatoms. The quantitative estimate of drug-likeness (QED) is 0.137. The number of benzene rings is 2. The van der Waals surface area contributed by atoms with E-state index in [1.807, 2.05) is 29.1 Å². The van der Waals surface area contributed by atoms with E-state index in [2.05, 4.69) is 36.7 Å². The van der Waals surface area contributed by atoms with Crippen molar-refractivity contribution in [1.29, 1.82) is 0 Å². The van der Waals surface area contributed by atoms with Gasteiger partial charge in [-0.25, -0.2) is 13.8 Å². The maximum atomic E-state index is 16.1. The van der Waals surface area contributed by atoms with E-state index in [1.165, 1.54) is 41.7 Å². The number of ether oxygens (including phenoxy) is 2. The van der Waals surface area contributed by atoms with E-state index in [0.717, 1.165) is 52.6 Å². The van der Waals surface area contributed by atoms with E-state index in [-0.39, 0.29) is 36.5 Å². The number of pyridine rings is 1. The van der Waals surface area contributed by atoms with Gasteiger partial charge in [0.1, 0.15) is 35.4 Å². The summed E-state index contributed by atoms with van der Waals surface area (Å²) in [6.45, 7) is 8.67. The first-order valence-electron chi connectivity index (χ1n) is 15.6. The molecule has 0 saturated carbocycles. The molecule has 3 aromatic heterocycles. The van der Waals surface area contributed by atoms with Crippen molar-refractivity contribution in [3.63, 3.8) is 0 Å². The zero-order valence-corrected chi connectivity index (χ0v) is 27.4. The molecule has 0 unspecified atom stereocenters. The molecule has 7 rings (SSSR count). The number of carbonyl (C=O) groups excluding carboxylic acids is 1. The van der Waals surface area contributed by atoms with Crippen molar-refractivity contribution in [3.05, 3.63) is 89.0 Å². The van der Waals surface area contributed by atoms with Crippen molar-refractivity contribution in [2.24, 2.45) is 0 Å². The summed E-state index contributed by atoms with van der Waals surface area (Å²) in [6, 6.07) is 12.3. The number of likely N-dealkylation sites (N-methyl/N-ethyl adjacent to an activating group) is 1. The Morgan fingerprint density at radius 3 is 2.74 bits per heavy atom. The number of hydrogen-bond donors (Lipinski definition) is 0. The van der Waals surface area contributed by atoms with E-state index in [9.17, 15) is 9.18 Å². The van der Waals surface area contributed by atoms with Crippen LogP contribution in [0.3, 0.4) is 0 Å². The fourth-order valence-corrected chi connectivity index (χ4v) is 7.54. The summed E-state index contributed by atoms with van der Waals surface area (Å²) >= 11 is 1.46. The van der Waals surface area contributed by atoms with Crippen molar-refractivity contribution in [3.8, 4) is 39.5 Å². The molecule has 5 aromatic rings. The molecule has 1 amide bonds. The van der Waals surface area contributed by atoms with Gasteiger partial charge in [-0.1, -0.05) is 18.7 Å². The van der Waals surface area contributed by atoms with E-state index in [1.54, 1.807) is 4.90 Å². The van der Waals surface area contributed by atoms with Gasteiger partial charge in [-0.3, -0.25) is 9.48 Å². The fraction of sp³-hybridized carbons (Fsp3) is 0.306. The third-order valence-corrected chi connectivity index (χ3v) is 9.90. The van der Waals surface area contributed by atoms with Crippen LogP contribution in [0.25, 0.3) is 43.9 Å². The number of aromatic nitrogens is 3. The zero-order chi connectivity index (χ0) is 32.8. The monoisotopic (exact) mass is 655 g/mol. The van der Waals surface area contributed by atoms with Gasteiger partial charge >= 0.3 is 0 Å². The van der Waals surface area contributed by atoms with Gasteiger partial charge in [-0.15, -0.1) is 11.3 Å². The van der Waals surface area contributed by atoms with Crippen LogP contribution in [0, 0.1) is 11.6 Å². The van der Waals surface area contributed by atoms with Gasteiger partial charge < -0.3 is 19.3 Å². The second-order valence-electron chi connectivity index (χ2n) is 12.1. The van der Waals surface area contributed by atoms with Crippen molar-refractivity contribution >= 4 is 27.3 Å². The average Bonchev–Trinajstić information content (AvgIpc) is 3.71. The number of nitrogens with zero attached hydrogens (tertiary/aromatic N) is 5. The lowest BCUT2D eigenvalue weighted by Crippen LogP contribution is -2.44. The first-order chi connectivity index (χ1) is 22.7. The first-order valence-corrected chi connectivity index (χ1v) is 16.5. The van der Waals surface area contributed by atoms with Crippen molar-refractivity contribution in [2.75, 3.05) is 33.9 Å². The summed E-state index contributed by atoms with van der Waals surface area (Å²) < 4.78 is 44.5. The second-order valence-corrected chi connectivity index (χ2v) is 13.1. The predicted octanol–water partition coefficient (Wildman–Crippen LogP) is 6.70. The summed E-state index contributed by atoms with van der Waals surface area (Å²) in [7, 11) is 3.66. The highest BCUT2D eigenvalue weighted by Crippen LogP contribution is 2.47. The van der Waals surface area contributed by atoms with E-state index in [4.69, 9.17) is 19.6 Å². The summed E-state index contributed by atoms with van der Waals surface area (Å²) in [4.78, 5) is 21.9. The number of carbonyl (C=O) groups is 1. The molecule has 0 saturated heterocycles. The van der Waals surface area contributed by atoms with Crippen LogP contribution in [0.5, 0.6) is 5.75 Å². The first kappa shape index (κ1) is 31.2. The molecule has 0 radical (unpaired) electrons. The minimum Gasteiger partial charge on any atom is -0.490 e. The molecule has 2 aliphatic rings. The van der Waals surface area contributed by atoms with E-state index < -0.39 is 11.6 Å². The summed E-state index contributed by atoms with van der Waals surface area (Å²) in [5.74, 6) is -1.60. The standard InChI is InChI=1S/C36H35F2N5O3S/c1-5-31(44)42-20-26-17-29(40-43(26)18-21(42)2)35-33(32-28(38)15-25(37)16-30(32)46-12-11-45-4)36-27(9-13-47-36)34(39-35)23-6-7-24-19-41(3)10-8-22(24)14-23/h5-7,9,13-17,21H,1,8,10-12,18-20H2,2-4H3/t21-/m1/s1. The van der Waals surface area contributed by atoms with Crippen LogP contribution in [0.1, 0.15) is 23.7 Å². The molecule has 5 heterocycles. The van der Waals surface area contributed by atoms with Gasteiger partial charge in [0.25, 0.3) is 0 Å². The van der Waals surface area contributed by atoms with Gasteiger partial charge in [-0.2, -0.15) is 5.10 Å². The molecule has 2 aromatic carbocycles. The van der Waals surface area contributed by atoms with E-state index in [0.29, 0.717) is 30.0 Å². The largest absolute Gasteiger partial charge is 0.490 e. The lowest BCUT2D eigenvalue weighted by Gasteiger charge is -2.33. The minimum absolute atomic E-state index is 0.0586. The maximum absolute atomic E-state index is 16.1. The molecule has 0 bridgehead atoms. The number of halogens is 2. The zero-order valence-electron chi connectivity index (χ0n) is 26.6. The molecule has 2 aliphatic heterocycles. The van der Waals surface area contributed by atoms with Gasteiger partial charge in [0.2, 0.25) is 5.91 Å². The van der Waals surface area contributed by atoms with E-state index >= 15 is 4.39 Å². The third-order valence-electron chi connectivity index (χ3n) is 8.97. The number of amides is 1. The fourth-order valence-electron chi connectivity index (χ4n) is 6.59. The molecule has 0 fully saturated rings. The van der Waals surface area contributed by atoms with Crippen molar-refractivity contribution < 1.29 is 23.0 Å². The Labute approximate surface area is 275 Å². The van der Waals surface area contributed by atoms with Crippen LogP contribution >= 0.6 is 11.3 Å². The highest BCUT2D eigenvalue weighted by molar-refractivity contribution is 7.18. The van der Waals surface area contributed by atoms with Gasteiger partial charge in [-0.05, 0) is 61.2 Å². The Kier molecular flexibility index (Phi) is 8.37. The van der Waals surface area contributed by atoms with Crippen LogP contribution in [0.2, 0.25) is 0 Å². The molecule has 242 valence electrons. The number of rotatable bonds is 8. The number of fused-ring (bicyclic) bond motifs is 3. The van der Waals surface area contributed by atoms with Crippen LogP contribution < -0.4 is 4.74 Å². The highest BCUT2D eigenvalue weighted by atomic mass is 32.1. The topological polar surface area (TPSA) is 72.7 Å². The molecule has 8 nitrogen and oxygen atoms in total. The SMILES string of the molecule is C=CC(=O)N1Cc2cc(-c3nc(-c4ccc5c(c4)CCN(C)C5)c4ccsc4c3-c3c(F)cc(F)cc3OCCOC)nn2C[C@H]1C. The van der Waals surface area contributed by atoms with Gasteiger partial charge in [0.05, 0.1) is 36.6 Å². The van der Waals surface area contributed by atoms with Crippen molar-refractivity contribution in [1.82, 2.24) is 24.6 Å². The lowest BCUT2D eigenvalue weighted by molar-refractivity contribution is -0.129. The highest BCUT2D eigenvalue weighted by Gasteiger charge is 2.30. The number of methoxy groups -OCH3 is 1. The van der Waals surface area contributed by atoms with Crippen LogP contribution in [0.4, 0.5) is 8.78 Å². The van der Waals surface area contributed by atoms with Gasteiger partial charge in [0.15, 0.2) is 0 Å². The smallest absolute Gasteiger partial charge is 0.246 e. The van der Waals surface area contributed by atoms with Crippen molar-refractivity contribution in [2.45, 2.75) is 39.0 Å². The second kappa shape index (κ2) is 12.6. The van der Waals surface area contributed by atoms with Gasteiger partial charge in [0, 0.05) is 59.6 Å². The molecule has 1 atom stereocenters. The van der Waals surface area contributed by atoms with Crippen LogP contribution in [-0.2, 0) is 35.6 Å². The molecule has 47 heavy (non-hydrogen) atoms. The molecule has 0 aliphatic carbocycles. The normalized spacial score (nSPS) is 16.3. The molecular weight excluding hydrogens is 620 g/mol. The Balaban J connectivity index is 1.47. The Bertz CT molecular complexity index is 2020. The average molecular weight is 656 g/mol.